The van der Waals surface area contributed by atoms with Crippen molar-refractivity contribution in [1.29, 1.82) is 0 Å². The van der Waals surface area contributed by atoms with Gasteiger partial charge in [-0.05, 0) is 42.8 Å². The molecule has 0 unspecified atom stereocenters. The fraction of sp³-hybridized carbons (Fsp3) is 0.385. The molecule has 0 atom stereocenters. The van der Waals surface area contributed by atoms with E-state index in [-0.39, 0.29) is 17.9 Å². The number of ether oxygens (including phenoxy) is 1. The van der Waals surface area contributed by atoms with Crippen LogP contribution in [0.2, 0.25) is 0 Å². The van der Waals surface area contributed by atoms with E-state index in [2.05, 4.69) is 34.7 Å². The molecule has 1 aromatic heterocycles. The van der Waals surface area contributed by atoms with Gasteiger partial charge in [0.15, 0.2) is 0 Å². The van der Waals surface area contributed by atoms with Gasteiger partial charge in [-0.15, -0.1) is 10.2 Å². The van der Waals surface area contributed by atoms with Crippen LogP contribution >= 0.6 is 11.3 Å². The van der Waals surface area contributed by atoms with Gasteiger partial charge in [-0.25, -0.2) is 0 Å². The molecule has 3 heterocycles. The zero-order chi connectivity index (χ0) is 24.4. The van der Waals surface area contributed by atoms with Crippen LogP contribution in [0.5, 0.6) is 11.5 Å². The first-order valence-electron chi connectivity index (χ1n) is 12.0. The predicted molar refractivity (Wildman–Crippen MR) is 135 cm³/mol. The number of aromatic nitrogens is 2. The van der Waals surface area contributed by atoms with E-state index in [1.54, 1.807) is 23.5 Å². The van der Waals surface area contributed by atoms with Crippen LogP contribution in [0.25, 0.3) is 10.6 Å². The standard InChI is InChI=1S/C26H29N5O3S/c1-16(2)25-29-30-26(35-25)17-7-9-21(10-8-17)34-22-12-18(24(33)28-20-13-27-14-20)5-6-19(22)15-31-11-3-4-23(31)32/h5-10,12,16,20,27H,3-4,11,13-15H2,1-2H3,(H,28,33). The molecule has 0 radical (unpaired) electrons. The van der Waals surface area contributed by atoms with Crippen molar-refractivity contribution in [2.45, 2.75) is 45.2 Å². The number of rotatable bonds is 8. The number of likely N-dealkylation sites (tertiary alicyclic amines) is 1. The summed E-state index contributed by atoms with van der Waals surface area (Å²) < 4.78 is 6.26. The second kappa shape index (κ2) is 10.1. The summed E-state index contributed by atoms with van der Waals surface area (Å²) in [6, 6.07) is 13.3. The molecule has 3 aromatic rings. The molecule has 2 aromatic carbocycles. The Morgan fingerprint density at radius 1 is 1.20 bits per heavy atom. The lowest BCUT2D eigenvalue weighted by Gasteiger charge is -2.28. The summed E-state index contributed by atoms with van der Waals surface area (Å²) in [4.78, 5) is 26.8. The van der Waals surface area contributed by atoms with Crippen LogP contribution in [-0.2, 0) is 11.3 Å². The van der Waals surface area contributed by atoms with Crippen LogP contribution in [-0.4, -0.2) is 52.6 Å². The largest absolute Gasteiger partial charge is 0.457 e. The van der Waals surface area contributed by atoms with Crippen LogP contribution in [0.3, 0.4) is 0 Å². The van der Waals surface area contributed by atoms with Gasteiger partial charge in [0.05, 0.1) is 6.04 Å². The Kier molecular flexibility index (Phi) is 6.79. The van der Waals surface area contributed by atoms with Gasteiger partial charge in [0.25, 0.3) is 5.91 Å². The van der Waals surface area contributed by atoms with E-state index < -0.39 is 0 Å². The molecular weight excluding hydrogens is 462 g/mol. The Bertz CT molecular complexity index is 1220. The number of hydrogen-bond donors (Lipinski definition) is 2. The molecule has 2 N–H and O–H groups in total. The average Bonchev–Trinajstić information content (AvgIpc) is 3.47. The minimum atomic E-state index is -0.127. The van der Waals surface area contributed by atoms with Crippen molar-refractivity contribution >= 4 is 23.2 Å². The Balaban J connectivity index is 1.37. The Morgan fingerprint density at radius 2 is 2.00 bits per heavy atom. The lowest BCUT2D eigenvalue weighted by Crippen LogP contribution is -2.56. The first-order chi connectivity index (χ1) is 17.0. The Morgan fingerprint density at radius 3 is 2.63 bits per heavy atom. The predicted octanol–water partition coefficient (Wildman–Crippen LogP) is 3.94. The Labute approximate surface area is 208 Å². The minimum Gasteiger partial charge on any atom is -0.457 e. The van der Waals surface area contributed by atoms with Gasteiger partial charge in [-0.1, -0.05) is 31.3 Å². The molecule has 0 bridgehead atoms. The smallest absolute Gasteiger partial charge is 0.251 e. The number of amides is 2. The number of hydrogen-bond acceptors (Lipinski definition) is 7. The first kappa shape index (κ1) is 23.4. The number of nitrogens with zero attached hydrogens (tertiary/aromatic N) is 3. The monoisotopic (exact) mass is 491 g/mol. The highest BCUT2D eigenvalue weighted by Crippen LogP contribution is 2.32. The molecule has 2 fully saturated rings. The van der Waals surface area contributed by atoms with Crippen LogP contribution in [0.1, 0.15) is 53.5 Å². The first-order valence-corrected chi connectivity index (χ1v) is 12.8. The number of carbonyl (C=O) groups is 2. The van der Waals surface area contributed by atoms with Crippen LogP contribution in [0.15, 0.2) is 42.5 Å². The maximum absolute atomic E-state index is 12.7. The molecule has 2 amide bonds. The summed E-state index contributed by atoms with van der Waals surface area (Å²) in [7, 11) is 0. The van der Waals surface area contributed by atoms with Crippen LogP contribution in [0.4, 0.5) is 0 Å². The van der Waals surface area contributed by atoms with E-state index in [0.29, 0.717) is 35.9 Å². The van der Waals surface area contributed by atoms with Crippen molar-refractivity contribution in [3.63, 3.8) is 0 Å². The maximum Gasteiger partial charge on any atom is 0.251 e. The summed E-state index contributed by atoms with van der Waals surface area (Å²) in [5, 5.41) is 16.6. The summed E-state index contributed by atoms with van der Waals surface area (Å²) in [6.07, 6.45) is 1.45. The third kappa shape index (κ3) is 5.36. The van der Waals surface area contributed by atoms with E-state index in [0.717, 1.165) is 47.2 Å². The molecule has 0 saturated carbocycles. The molecule has 2 aliphatic heterocycles. The SMILES string of the molecule is CC(C)c1nnc(-c2ccc(Oc3cc(C(=O)NC4CNC4)ccc3CN3CCCC3=O)cc2)s1. The van der Waals surface area contributed by atoms with E-state index >= 15 is 0 Å². The molecule has 8 nitrogen and oxygen atoms in total. The molecule has 182 valence electrons. The summed E-state index contributed by atoms with van der Waals surface area (Å²) >= 11 is 1.59. The fourth-order valence-corrected chi connectivity index (χ4v) is 4.89. The highest BCUT2D eigenvalue weighted by atomic mass is 32.1. The van der Waals surface area contributed by atoms with E-state index in [4.69, 9.17) is 4.74 Å². The maximum atomic E-state index is 12.7. The highest BCUT2D eigenvalue weighted by Gasteiger charge is 2.24. The molecule has 5 rings (SSSR count). The number of benzene rings is 2. The van der Waals surface area contributed by atoms with E-state index in [9.17, 15) is 9.59 Å². The minimum absolute atomic E-state index is 0.127. The normalized spacial score (nSPS) is 16.0. The summed E-state index contributed by atoms with van der Waals surface area (Å²) in [5.74, 6) is 1.59. The molecule has 2 aliphatic rings. The van der Waals surface area contributed by atoms with Gasteiger partial charge in [-0.3, -0.25) is 9.59 Å². The van der Waals surface area contributed by atoms with Crippen LogP contribution in [0, 0.1) is 0 Å². The third-order valence-corrected chi connectivity index (χ3v) is 7.52. The van der Waals surface area contributed by atoms with E-state index in [1.807, 2.05) is 35.2 Å². The Hall–Kier alpha value is -3.30. The lowest BCUT2D eigenvalue weighted by atomic mass is 10.1. The van der Waals surface area contributed by atoms with Gasteiger partial charge in [0.1, 0.15) is 21.5 Å². The van der Waals surface area contributed by atoms with E-state index in [1.165, 1.54) is 0 Å². The highest BCUT2D eigenvalue weighted by molar-refractivity contribution is 7.14. The lowest BCUT2D eigenvalue weighted by molar-refractivity contribution is -0.128. The number of nitrogens with one attached hydrogen (secondary N) is 2. The second-order valence-corrected chi connectivity index (χ2v) is 10.3. The van der Waals surface area contributed by atoms with Crippen molar-refractivity contribution in [2.24, 2.45) is 0 Å². The number of carbonyl (C=O) groups excluding carboxylic acids is 2. The fourth-order valence-electron chi connectivity index (χ4n) is 4.03. The quantitative estimate of drug-likeness (QED) is 0.495. The average molecular weight is 492 g/mol. The van der Waals surface area contributed by atoms with Gasteiger partial charge >= 0.3 is 0 Å². The molecular formula is C26H29N5O3S. The second-order valence-electron chi connectivity index (χ2n) is 9.30. The van der Waals surface area contributed by atoms with Crippen molar-refractivity contribution in [2.75, 3.05) is 19.6 Å². The van der Waals surface area contributed by atoms with Crippen molar-refractivity contribution in [3.8, 4) is 22.1 Å². The molecule has 35 heavy (non-hydrogen) atoms. The van der Waals surface area contributed by atoms with Gasteiger partial charge in [-0.2, -0.15) is 0 Å². The summed E-state index contributed by atoms with van der Waals surface area (Å²) in [6.45, 7) is 6.97. The third-order valence-electron chi connectivity index (χ3n) is 6.24. The van der Waals surface area contributed by atoms with Gasteiger partial charge in [0, 0.05) is 55.2 Å². The zero-order valence-corrected chi connectivity index (χ0v) is 20.7. The molecule has 2 saturated heterocycles. The topological polar surface area (TPSA) is 96.4 Å². The van der Waals surface area contributed by atoms with Gasteiger partial charge < -0.3 is 20.3 Å². The molecule has 0 aliphatic carbocycles. The molecule has 9 heteroatoms. The zero-order valence-electron chi connectivity index (χ0n) is 19.9. The van der Waals surface area contributed by atoms with Crippen molar-refractivity contribution in [3.05, 3.63) is 58.6 Å². The van der Waals surface area contributed by atoms with Crippen molar-refractivity contribution < 1.29 is 14.3 Å². The molecule has 0 spiro atoms. The van der Waals surface area contributed by atoms with Crippen LogP contribution < -0.4 is 15.4 Å². The summed E-state index contributed by atoms with van der Waals surface area (Å²) in [5.41, 5.74) is 2.39. The van der Waals surface area contributed by atoms with Crippen molar-refractivity contribution in [1.82, 2.24) is 25.7 Å². The van der Waals surface area contributed by atoms with Gasteiger partial charge in [0.2, 0.25) is 5.91 Å².